The number of rotatable bonds is 3. The Morgan fingerprint density at radius 1 is 1.33 bits per heavy atom. The van der Waals surface area contributed by atoms with Gasteiger partial charge in [-0.1, -0.05) is 26.9 Å². The normalized spacial score (nSPS) is 30.5. The molecule has 0 aromatic rings. The highest BCUT2D eigenvalue weighted by Crippen LogP contribution is 2.27. The van der Waals surface area contributed by atoms with E-state index in [4.69, 9.17) is 4.74 Å². The highest BCUT2D eigenvalue weighted by molar-refractivity contribution is 6.55. The van der Waals surface area contributed by atoms with E-state index < -0.39 is 0 Å². The Kier molecular flexibility index (Phi) is 3.78. The van der Waals surface area contributed by atoms with Crippen LogP contribution in [-0.4, -0.2) is 21.0 Å². The van der Waals surface area contributed by atoms with Crippen LogP contribution in [0.3, 0.4) is 0 Å². The molecule has 0 saturated carbocycles. The van der Waals surface area contributed by atoms with Gasteiger partial charge >= 0.3 is 0 Å². The summed E-state index contributed by atoms with van der Waals surface area (Å²) in [7, 11) is -0.0911. The second-order valence-electron chi connectivity index (χ2n) is 4.53. The quantitative estimate of drug-likeness (QED) is 0.614. The van der Waals surface area contributed by atoms with Gasteiger partial charge < -0.3 is 4.74 Å². The third-order valence-electron chi connectivity index (χ3n) is 2.52. The molecule has 0 N–H and O–H groups in total. The summed E-state index contributed by atoms with van der Waals surface area (Å²) in [5.74, 6) is 0.708. The van der Waals surface area contributed by atoms with Crippen LogP contribution in [0, 0.1) is 5.92 Å². The molecule has 1 nitrogen and oxygen atoms in total. The van der Waals surface area contributed by atoms with Gasteiger partial charge in [0.2, 0.25) is 0 Å². The van der Waals surface area contributed by atoms with Crippen LogP contribution in [-0.2, 0) is 4.74 Å². The lowest BCUT2D eigenvalue weighted by atomic mass is 10.0. The first-order valence-electron chi connectivity index (χ1n) is 5.04. The fourth-order valence-corrected chi connectivity index (χ4v) is 3.04. The topological polar surface area (TPSA) is 9.23 Å². The van der Waals surface area contributed by atoms with Crippen molar-refractivity contribution in [2.24, 2.45) is 5.92 Å². The summed E-state index contributed by atoms with van der Waals surface area (Å²) in [4.78, 5) is 0. The lowest BCUT2D eigenvalue weighted by molar-refractivity contribution is 0.0286. The van der Waals surface area contributed by atoms with E-state index >= 15 is 0 Å². The summed E-state index contributed by atoms with van der Waals surface area (Å²) < 4.78 is 5.96. The number of hydrogen-bond acceptors (Lipinski definition) is 1. The van der Waals surface area contributed by atoms with Gasteiger partial charge in [-0.15, -0.1) is 0 Å². The highest BCUT2D eigenvalue weighted by Gasteiger charge is 2.27. The van der Waals surface area contributed by atoms with Crippen molar-refractivity contribution in [3.05, 3.63) is 0 Å². The third-order valence-corrected chi connectivity index (χ3v) is 3.79. The third kappa shape index (κ3) is 2.90. The van der Waals surface area contributed by atoms with Gasteiger partial charge in [-0.05, 0) is 24.8 Å². The minimum Gasteiger partial charge on any atom is -0.375 e. The van der Waals surface area contributed by atoms with E-state index in [2.05, 4.69) is 26.9 Å². The zero-order chi connectivity index (χ0) is 9.14. The molecule has 0 aromatic heterocycles. The Morgan fingerprint density at radius 2 is 2.00 bits per heavy atom. The zero-order valence-electron chi connectivity index (χ0n) is 8.76. The maximum atomic E-state index is 5.96. The fourth-order valence-electron chi connectivity index (χ4n) is 1.83. The van der Waals surface area contributed by atoms with Crippen molar-refractivity contribution in [1.29, 1.82) is 0 Å². The molecule has 1 aliphatic rings. The summed E-state index contributed by atoms with van der Waals surface area (Å²) in [5, 5.41) is 0. The van der Waals surface area contributed by atoms with Crippen molar-refractivity contribution in [2.75, 3.05) is 0 Å². The molecule has 1 aliphatic heterocycles. The zero-order valence-corrected chi connectivity index (χ0v) is 9.76. The smallest absolute Gasteiger partial charge is 0.0602 e. The molecule has 0 amide bonds. The van der Waals surface area contributed by atoms with Crippen molar-refractivity contribution in [2.45, 2.75) is 58.0 Å². The van der Waals surface area contributed by atoms with Gasteiger partial charge in [-0.2, -0.15) is 0 Å². The van der Waals surface area contributed by atoms with E-state index in [9.17, 15) is 0 Å². The molecule has 1 rings (SSSR count). The number of ether oxygens (including phenoxy) is 1. The van der Waals surface area contributed by atoms with Gasteiger partial charge in [0.05, 0.1) is 12.2 Å². The summed E-state index contributed by atoms with van der Waals surface area (Å²) in [6.07, 6.45) is 3.74. The standard InChI is InChI=1S/C10H21OSi/c1-8(2)10-6-5-9(11-10)7-12(3)4/h8-10H,5-7H2,1-4H3. The minimum absolute atomic E-state index is 0.0911. The molecule has 2 heteroatoms. The monoisotopic (exact) mass is 185 g/mol. The van der Waals surface area contributed by atoms with Crippen LogP contribution in [0.4, 0.5) is 0 Å². The van der Waals surface area contributed by atoms with E-state index in [1.54, 1.807) is 0 Å². The summed E-state index contributed by atoms with van der Waals surface area (Å²) in [6.45, 7) is 9.26. The van der Waals surface area contributed by atoms with Crippen LogP contribution >= 0.6 is 0 Å². The SMILES string of the molecule is CC(C)C1CCC(C[Si](C)C)O1. The highest BCUT2D eigenvalue weighted by atomic mass is 28.3. The average Bonchev–Trinajstić information content (AvgIpc) is 2.34. The first kappa shape index (κ1) is 10.3. The van der Waals surface area contributed by atoms with Crippen LogP contribution in [0.15, 0.2) is 0 Å². The van der Waals surface area contributed by atoms with Crippen LogP contribution in [0.1, 0.15) is 26.7 Å². The van der Waals surface area contributed by atoms with E-state index in [-0.39, 0.29) is 8.80 Å². The van der Waals surface area contributed by atoms with Crippen molar-refractivity contribution in [3.8, 4) is 0 Å². The van der Waals surface area contributed by atoms with E-state index in [0.29, 0.717) is 18.1 Å². The van der Waals surface area contributed by atoms with Crippen molar-refractivity contribution < 1.29 is 4.74 Å². The fraction of sp³-hybridized carbons (Fsp3) is 1.00. The largest absolute Gasteiger partial charge is 0.375 e. The molecule has 0 aromatic carbocycles. The molecule has 1 radical (unpaired) electrons. The second-order valence-corrected chi connectivity index (χ2v) is 7.35. The van der Waals surface area contributed by atoms with Gasteiger partial charge in [-0.3, -0.25) is 0 Å². The molecule has 0 aliphatic carbocycles. The Labute approximate surface area is 78.1 Å². The van der Waals surface area contributed by atoms with Crippen molar-refractivity contribution in [1.82, 2.24) is 0 Å². The molecule has 2 unspecified atom stereocenters. The maximum Gasteiger partial charge on any atom is 0.0602 e. The predicted octanol–water partition coefficient (Wildman–Crippen LogP) is 2.94. The molecule has 71 valence electrons. The maximum absolute atomic E-state index is 5.96. The lowest BCUT2D eigenvalue weighted by Gasteiger charge is -2.17. The Morgan fingerprint density at radius 3 is 2.42 bits per heavy atom. The Hall–Kier alpha value is 0.177. The van der Waals surface area contributed by atoms with E-state index in [1.165, 1.54) is 18.9 Å². The Bertz CT molecular complexity index is 134. The predicted molar refractivity (Wildman–Crippen MR) is 55.0 cm³/mol. The lowest BCUT2D eigenvalue weighted by Crippen LogP contribution is -2.19. The summed E-state index contributed by atoms with van der Waals surface area (Å²) in [5.41, 5.74) is 0. The molecule has 0 spiro atoms. The van der Waals surface area contributed by atoms with E-state index in [1.807, 2.05) is 0 Å². The minimum atomic E-state index is -0.0911. The molecule has 12 heavy (non-hydrogen) atoms. The van der Waals surface area contributed by atoms with Crippen LogP contribution in [0.2, 0.25) is 19.1 Å². The number of hydrogen-bond donors (Lipinski definition) is 0. The van der Waals surface area contributed by atoms with Gasteiger partial charge in [0, 0.05) is 8.80 Å². The Balaban J connectivity index is 2.26. The summed E-state index contributed by atoms with van der Waals surface area (Å²) in [6, 6.07) is 1.34. The van der Waals surface area contributed by atoms with Crippen molar-refractivity contribution in [3.63, 3.8) is 0 Å². The molecular formula is C10H21OSi. The van der Waals surface area contributed by atoms with Gasteiger partial charge in [-0.25, -0.2) is 0 Å². The molecule has 0 bridgehead atoms. The van der Waals surface area contributed by atoms with Gasteiger partial charge in [0.15, 0.2) is 0 Å². The van der Waals surface area contributed by atoms with Crippen LogP contribution in [0.5, 0.6) is 0 Å². The van der Waals surface area contributed by atoms with Crippen LogP contribution in [0.25, 0.3) is 0 Å². The first-order chi connectivity index (χ1) is 5.59. The van der Waals surface area contributed by atoms with E-state index in [0.717, 1.165) is 0 Å². The molecular weight excluding hydrogens is 164 g/mol. The van der Waals surface area contributed by atoms with Gasteiger partial charge in [0.1, 0.15) is 0 Å². The second kappa shape index (κ2) is 4.42. The summed E-state index contributed by atoms with van der Waals surface area (Å²) >= 11 is 0. The first-order valence-corrected chi connectivity index (χ1v) is 7.74. The van der Waals surface area contributed by atoms with Crippen molar-refractivity contribution >= 4 is 8.80 Å². The molecule has 2 atom stereocenters. The molecule has 1 saturated heterocycles. The van der Waals surface area contributed by atoms with Gasteiger partial charge in [0.25, 0.3) is 0 Å². The molecule has 1 fully saturated rings. The average molecular weight is 185 g/mol. The molecule has 1 heterocycles. The van der Waals surface area contributed by atoms with Crippen LogP contribution < -0.4 is 0 Å².